The molecule has 3 N–H and O–H groups in total. The minimum Gasteiger partial charge on any atom is -0.455 e. The summed E-state index contributed by atoms with van der Waals surface area (Å²) >= 11 is 5.68. The van der Waals surface area contributed by atoms with Gasteiger partial charge in [-0.2, -0.15) is 5.10 Å². The number of nitrogens with one attached hydrogen (secondary N) is 1. The van der Waals surface area contributed by atoms with Crippen LogP contribution in [0.2, 0.25) is 5.02 Å². The van der Waals surface area contributed by atoms with Crippen molar-refractivity contribution >= 4 is 23.8 Å². The summed E-state index contributed by atoms with van der Waals surface area (Å²) in [4.78, 5) is 10.4. The van der Waals surface area contributed by atoms with Crippen molar-refractivity contribution in [3.63, 3.8) is 0 Å². The Kier molecular flexibility index (Phi) is 3.82. The fraction of sp³-hybridized carbons (Fsp3) is 0. The van der Waals surface area contributed by atoms with Crippen LogP contribution in [0.3, 0.4) is 0 Å². The Labute approximate surface area is 112 Å². The number of nitrogens with zero attached hydrogens (tertiary/aromatic N) is 1. The van der Waals surface area contributed by atoms with E-state index in [-0.39, 0.29) is 5.02 Å². The number of hydrazone groups is 1. The number of rotatable bonds is 3. The zero-order valence-electron chi connectivity index (χ0n) is 9.56. The molecule has 0 unspecified atom stereocenters. The Hall–Kier alpha value is -2.34. The smallest absolute Gasteiger partial charge is 0.332 e. The molecule has 0 atom stereocenters. The number of urea groups is 1. The molecule has 2 amide bonds. The number of benzene rings is 1. The van der Waals surface area contributed by atoms with Crippen LogP contribution in [0.1, 0.15) is 5.76 Å². The number of primary amides is 1. The van der Waals surface area contributed by atoms with Gasteiger partial charge in [-0.3, -0.25) is 0 Å². The first-order valence-corrected chi connectivity index (χ1v) is 5.58. The fourth-order valence-corrected chi connectivity index (χ4v) is 1.57. The SMILES string of the molecule is NC(=O)N/N=C/c1ccc(-c2ccc(F)c(Cl)c2)o1. The number of nitrogens with two attached hydrogens (primary N) is 1. The summed E-state index contributed by atoms with van der Waals surface area (Å²) in [5.74, 6) is 0.413. The number of halogens is 2. The summed E-state index contributed by atoms with van der Waals surface area (Å²) in [7, 11) is 0. The van der Waals surface area contributed by atoms with Crippen molar-refractivity contribution in [3.05, 3.63) is 46.9 Å². The molecule has 2 rings (SSSR count). The lowest BCUT2D eigenvalue weighted by molar-refractivity contribution is 0.249. The first-order chi connectivity index (χ1) is 9.06. The van der Waals surface area contributed by atoms with E-state index in [1.54, 1.807) is 18.2 Å². The fourth-order valence-electron chi connectivity index (χ4n) is 1.39. The van der Waals surface area contributed by atoms with E-state index in [0.29, 0.717) is 17.1 Å². The van der Waals surface area contributed by atoms with Crippen molar-refractivity contribution in [2.24, 2.45) is 10.8 Å². The third kappa shape index (κ3) is 3.32. The maximum absolute atomic E-state index is 13.0. The highest BCUT2D eigenvalue weighted by Gasteiger charge is 2.06. The van der Waals surface area contributed by atoms with Gasteiger partial charge in [0.2, 0.25) is 0 Å². The molecule has 2 aromatic rings. The van der Waals surface area contributed by atoms with Crippen LogP contribution in [0.25, 0.3) is 11.3 Å². The number of carbonyl (C=O) groups is 1. The van der Waals surface area contributed by atoms with Gasteiger partial charge in [-0.1, -0.05) is 11.6 Å². The average molecular weight is 282 g/mol. The summed E-state index contributed by atoms with van der Waals surface area (Å²) < 4.78 is 18.4. The van der Waals surface area contributed by atoms with Crippen LogP contribution in [0.15, 0.2) is 39.9 Å². The van der Waals surface area contributed by atoms with E-state index in [1.807, 2.05) is 5.43 Å². The maximum atomic E-state index is 13.0. The number of hydrogen-bond acceptors (Lipinski definition) is 3. The molecule has 98 valence electrons. The summed E-state index contributed by atoms with van der Waals surface area (Å²) in [5, 5.41) is 3.56. The molecule has 7 heteroatoms. The van der Waals surface area contributed by atoms with Crippen molar-refractivity contribution in [1.29, 1.82) is 0 Å². The summed E-state index contributed by atoms with van der Waals surface area (Å²) in [5.41, 5.74) is 7.51. The van der Waals surface area contributed by atoms with Crippen LogP contribution in [0.4, 0.5) is 9.18 Å². The lowest BCUT2D eigenvalue weighted by atomic mass is 10.2. The van der Waals surface area contributed by atoms with Gasteiger partial charge in [0, 0.05) is 5.56 Å². The quantitative estimate of drug-likeness (QED) is 0.670. The van der Waals surface area contributed by atoms with Gasteiger partial charge in [-0.15, -0.1) is 0 Å². The molecule has 1 heterocycles. The van der Waals surface area contributed by atoms with Gasteiger partial charge in [0.25, 0.3) is 0 Å². The molecule has 0 aliphatic carbocycles. The van der Waals surface area contributed by atoms with Crippen LogP contribution in [-0.2, 0) is 0 Å². The monoisotopic (exact) mass is 281 g/mol. The van der Waals surface area contributed by atoms with Gasteiger partial charge in [0.1, 0.15) is 17.3 Å². The average Bonchev–Trinajstić information content (AvgIpc) is 2.81. The molecule has 0 saturated carbocycles. The molecule has 0 aliphatic rings. The highest BCUT2D eigenvalue weighted by Crippen LogP contribution is 2.26. The number of furan rings is 1. The first-order valence-electron chi connectivity index (χ1n) is 5.20. The summed E-state index contributed by atoms with van der Waals surface area (Å²) in [6.07, 6.45) is 1.29. The number of amides is 2. The van der Waals surface area contributed by atoms with Crippen molar-refractivity contribution in [2.45, 2.75) is 0 Å². The highest BCUT2D eigenvalue weighted by molar-refractivity contribution is 6.31. The van der Waals surface area contributed by atoms with Crippen molar-refractivity contribution in [1.82, 2.24) is 5.43 Å². The second kappa shape index (κ2) is 5.53. The zero-order valence-corrected chi connectivity index (χ0v) is 10.3. The number of carbonyl (C=O) groups excluding carboxylic acids is 1. The predicted octanol–water partition coefficient (Wildman–Crippen LogP) is 2.74. The van der Waals surface area contributed by atoms with Gasteiger partial charge in [-0.25, -0.2) is 14.6 Å². The third-order valence-electron chi connectivity index (χ3n) is 2.20. The zero-order chi connectivity index (χ0) is 13.8. The van der Waals surface area contributed by atoms with Crippen LogP contribution >= 0.6 is 11.6 Å². The van der Waals surface area contributed by atoms with E-state index < -0.39 is 11.8 Å². The Morgan fingerprint density at radius 1 is 1.42 bits per heavy atom. The van der Waals surface area contributed by atoms with Crippen LogP contribution < -0.4 is 11.2 Å². The van der Waals surface area contributed by atoms with E-state index in [1.165, 1.54) is 18.3 Å². The molecule has 1 aromatic carbocycles. The molecule has 0 spiro atoms. The van der Waals surface area contributed by atoms with Crippen LogP contribution in [0, 0.1) is 5.82 Å². The normalized spacial score (nSPS) is 10.8. The molecular weight excluding hydrogens is 273 g/mol. The van der Waals surface area contributed by atoms with Crippen molar-refractivity contribution in [3.8, 4) is 11.3 Å². The molecule has 1 aromatic heterocycles. The molecule has 0 aliphatic heterocycles. The largest absolute Gasteiger partial charge is 0.455 e. The first kappa shape index (κ1) is 13.1. The number of hydrogen-bond donors (Lipinski definition) is 2. The van der Waals surface area contributed by atoms with E-state index in [2.05, 4.69) is 5.10 Å². The molecule has 0 fully saturated rings. The van der Waals surface area contributed by atoms with Gasteiger partial charge in [0.15, 0.2) is 0 Å². The Morgan fingerprint density at radius 3 is 2.89 bits per heavy atom. The van der Waals surface area contributed by atoms with Gasteiger partial charge >= 0.3 is 6.03 Å². The molecule has 0 bridgehead atoms. The Balaban J connectivity index is 2.18. The van der Waals surface area contributed by atoms with Gasteiger partial charge in [0.05, 0.1) is 11.2 Å². The summed E-state index contributed by atoms with van der Waals surface area (Å²) in [6, 6.07) is 6.80. The molecule has 19 heavy (non-hydrogen) atoms. The molecule has 5 nitrogen and oxygen atoms in total. The van der Waals surface area contributed by atoms with E-state index in [0.717, 1.165) is 0 Å². The molecule has 0 radical (unpaired) electrons. The second-order valence-corrected chi connectivity index (χ2v) is 3.97. The van der Waals surface area contributed by atoms with Crippen LogP contribution in [0.5, 0.6) is 0 Å². The molecular formula is C12H9ClFN3O2. The minimum absolute atomic E-state index is 0.0134. The molecule has 0 saturated heterocycles. The van der Waals surface area contributed by atoms with Crippen molar-refractivity contribution < 1.29 is 13.6 Å². The lowest BCUT2D eigenvalue weighted by Gasteiger charge is -1.98. The topological polar surface area (TPSA) is 80.6 Å². The predicted molar refractivity (Wildman–Crippen MR) is 69.4 cm³/mol. The second-order valence-electron chi connectivity index (χ2n) is 3.57. The van der Waals surface area contributed by atoms with E-state index >= 15 is 0 Å². The Bertz CT molecular complexity index is 640. The standard InChI is InChI=1S/C12H9ClFN3O2/c13-9-5-7(1-3-10(9)14)11-4-2-8(19-11)6-16-17-12(15)18/h1-6H,(H3,15,17,18)/b16-6+. The van der Waals surface area contributed by atoms with Crippen LogP contribution in [-0.4, -0.2) is 12.2 Å². The van der Waals surface area contributed by atoms with Crippen molar-refractivity contribution in [2.75, 3.05) is 0 Å². The van der Waals surface area contributed by atoms with Gasteiger partial charge < -0.3 is 10.2 Å². The third-order valence-corrected chi connectivity index (χ3v) is 2.49. The van der Waals surface area contributed by atoms with Gasteiger partial charge in [-0.05, 0) is 30.3 Å². The van der Waals surface area contributed by atoms with E-state index in [9.17, 15) is 9.18 Å². The minimum atomic E-state index is -0.770. The highest BCUT2D eigenvalue weighted by atomic mass is 35.5. The Morgan fingerprint density at radius 2 is 2.21 bits per heavy atom. The maximum Gasteiger partial charge on any atom is 0.332 e. The lowest BCUT2D eigenvalue weighted by Crippen LogP contribution is -2.24. The van der Waals surface area contributed by atoms with E-state index in [4.69, 9.17) is 21.8 Å². The summed E-state index contributed by atoms with van der Waals surface area (Å²) in [6.45, 7) is 0.